The predicted molar refractivity (Wildman–Crippen MR) is 71.3 cm³/mol. The van der Waals surface area contributed by atoms with E-state index < -0.39 is 6.10 Å². The zero-order valence-electron chi connectivity index (χ0n) is 11.0. The number of hydrogen-bond acceptors (Lipinski definition) is 5. The monoisotopic (exact) mass is 262 g/mol. The third-order valence-corrected chi connectivity index (χ3v) is 3.76. The van der Waals surface area contributed by atoms with E-state index in [1.54, 1.807) is 6.92 Å². The molecule has 3 heterocycles. The summed E-state index contributed by atoms with van der Waals surface area (Å²) in [5, 5.41) is 10.5. The number of aliphatic hydroxyl groups excluding tert-OH is 1. The van der Waals surface area contributed by atoms with Crippen LogP contribution in [0.2, 0.25) is 0 Å². The van der Waals surface area contributed by atoms with Crippen LogP contribution in [0, 0.1) is 5.92 Å². The van der Waals surface area contributed by atoms with Gasteiger partial charge in [-0.3, -0.25) is 0 Å². The molecule has 3 rings (SSSR count). The highest BCUT2D eigenvalue weighted by molar-refractivity contribution is 5.86. The number of fused-ring (bicyclic) bond motifs is 1. The van der Waals surface area contributed by atoms with Crippen molar-refractivity contribution >= 4 is 16.9 Å². The summed E-state index contributed by atoms with van der Waals surface area (Å²) in [5.74, 6) is 0.785. The van der Waals surface area contributed by atoms with Gasteiger partial charge < -0.3 is 20.1 Å². The van der Waals surface area contributed by atoms with Gasteiger partial charge >= 0.3 is 0 Å². The van der Waals surface area contributed by atoms with Gasteiger partial charge in [0, 0.05) is 12.1 Å². The Kier molecular flexibility index (Phi) is 2.91. The summed E-state index contributed by atoms with van der Waals surface area (Å²) in [4.78, 5) is 8.26. The fourth-order valence-corrected chi connectivity index (χ4v) is 2.70. The van der Waals surface area contributed by atoms with Gasteiger partial charge in [-0.15, -0.1) is 0 Å². The second kappa shape index (κ2) is 4.47. The molecule has 2 aromatic rings. The number of nitrogen functional groups attached to an aromatic ring is 1. The van der Waals surface area contributed by atoms with Crippen LogP contribution in [0.4, 0.5) is 5.82 Å². The molecule has 0 amide bonds. The molecule has 1 aliphatic heterocycles. The van der Waals surface area contributed by atoms with Gasteiger partial charge in [0.05, 0.1) is 17.6 Å². The van der Waals surface area contributed by atoms with E-state index in [0.717, 1.165) is 17.5 Å². The van der Waals surface area contributed by atoms with Crippen molar-refractivity contribution in [1.82, 2.24) is 14.5 Å². The zero-order valence-corrected chi connectivity index (χ0v) is 11.0. The van der Waals surface area contributed by atoms with Gasteiger partial charge in [0.1, 0.15) is 24.0 Å². The van der Waals surface area contributed by atoms with E-state index in [1.807, 2.05) is 16.8 Å². The molecule has 2 aromatic heterocycles. The summed E-state index contributed by atoms with van der Waals surface area (Å²) in [7, 11) is 0. The van der Waals surface area contributed by atoms with Crippen LogP contribution in [0.15, 0.2) is 18.6 Å². The predicted octanol–water partition coefficient (Wildman–Crippen LogP) is 1.32. The molecule has 0 saturated carbocycles. The number of nitrogens with zero attached hydrogens (tertiary/aromatic N) is 3. The molecule has 3 N–H and O–H groups in total. The molecular weight excluding hydrogens is 244 g/mol. The molecule has 102 valence electrons. The maximum Gasteiger partial charge on any atom is 0.147 e. The van der Waals surface area contributed by atoms with Crippen molar-refractivity contribution in [3.05, 3.63) is 18.6 Å². The Morgan fingerprint density at radius 1 is 1.53 bits per heavy atom. The molecular formula is C13H18N4O2. The molecule has 4 unspecified atom stereocenters. The quantitative estimate of drug-likeness (QED) is 0.852. The highest BCUT2D eigenvalue weighted by Crippen LogP contribution is 2.37. The minimum atomic E-state index is -0.464. The normalized spacial score (nSPS) is 28.9. The van der Waals surface area contributed by atoms with Crippen LogP contribution in [0.25, 0.3) is 11.0 Å². The van der Waals surface area contributed by atoms with Gasteiger partial charge in [-0.1, -0.05) is 6.92 Å². The third-order valence-electron chi connectivity index (χ3n) is 3.76. The van der Waals surface area contributed by atoms with Crippen LogP contribution in [0.1, 0.15) is 26.5 Å². The topological polar surface area (TPSA) is 86.2 Å². The SMILES string of the molecule is CC(O)C1CC(C)C(n2ccc3c(N)ncnc32)O1. The van der Waals surface area contributed by atoms with Crippen LogP contribution in [-0.2, 0) is 4.74 Å². The molecule has 1 aliphatic rings. The lowest BCUT2D eigenvalue weighted by Gasteiger charge is -2.19. The van der Waals surface area contributed by atoms with Crippen LogP contribution >= 0.6 is 0 Å². The van der Waals surface area contributed by atoms with E-state index in [0.29, 0.717) is 11.7 Å². The van der Waals surface area contributed by atoms with Crippen molar-refractivity contribution in [2.45, 2.75) is 38.7 Å². The number of aromatic nitrogens is 3. The Morgan fingerprint density at radius 2 is 2.32 bits per heavy atom. The molecule has 6 heteroatoms. The van der Waals surface area contributed by atoms with E-state index >= 15 is 0 Å². The van der Waals surface area contributed by atoms with Gasteiger partial charge in [0.25, 0.3) is 0 Å². The van der Waals surface area contributed by atoms with Crippen molar-refractivity contribution in [2.24, 2.45) is 5.92 Å². The maximum atomic E-state index is 9.66. The van der Waals surface area contributed by atoms with E-state index in [4.69, 9.17) is 10.5 Å². The van der Waals surface area contributed by atoms with Crippen LogP contribution in [0.5, 0.6) is 0 Å². The Labute approximate surface area is 111 Å². The molecule has 1 fully saturated rings. The number of rotatable bonds is 2. The Hall–Kier alpha value is -1.66. The van der Waals surface area contributed by atoms with E-state index in [9.17, 15) is 5.11 Å². The molecule has 6 nitrogen and oxygen atoms in total. The average molecular weight is 262 g/mol. The maximum absolute atomic E-state index is 9.66. The summed E-state index contributed by atoms with van der Waals surface area (Å²) in [5.41, 5.74) is 6.61. The number of aliphatic hydroxyl groups is 1. The molecule has 19 heavy (non-hydrogen) atoms. The smallest absolute Gasteiger partial charge is 0.147 e. The molecule has 0 aromatic carbocycles. The molecule has 1 saturated heterocycles. The van der Waals surface area contributed by atoms with Gasteiger partial charge in [-0.05, 0) is 19.4 Å². The van der Waals surface area contributed by atoms with Crippen molar-refractivity contribution in [1.29, 1.82) is 0 Å². The average Bonchev–Trinajstić information content (AvgIpc) is 2.93. The third kappa shape index (κ3) is 1.97. The first-order valence-corrected chi connectivity index (χ1v) is 6.48. The molecule has 0 spiro atoms. The number of hydrogen-bond donors (Lipinski definition) is 2. The van der Waals surface area contributed by atoms with E-state index in [-0.39, 0.29) is 12.3 Å². The van der Waals surface area contributed by atoms with Crippen molar-refractivity contribution in [3.63, 3.8) is 0 Å². The molecule has 0 bridgehead atoms. The Morgan fingerprint density at radius 3 is 3.00 bits per heavy atom. The second-order valence-corrected chi connectivity index (χ2v) is 5.24. The van der Waals surface area contributed by atoms with Gasteiger partial charge in [0.15, 0.2) is 0 Å². The van der Waals surface area contributed by atoms with Crippen LogP contribution < -0.4 is 5.73 Å². The fraction of sp³-hybridized carbons (Fsp3) is 0.538. The molecule has 0 radical (unpaired) electrons. The first-order valence-electron chi connectivity index (χ1n) is 6.48. The summed E-state index contributed by atoms with van der Waals surface area (Å²) < 4.78 is 7.91. The lowest BCUT2D eigenvalue weighted by atomic mass is 10.0. The largest absolute Gasteiger partial charge is 0.391 e. The standard InChI is InChI=1S/C13H18N4O2/c1-7-5-10(8(2)18)19-13(7)17-4-3-9-11(14)15-6-16-12(9)17/h3-4,6-8,10,13,18H,5H2,1-2H3,(H2,14,15,16). The second-order valence-electron chi connectivity index (χ2n) is 5.24. The molecule has 0 aliphatic carbocycles. The first kappa shape index (κ1) is 12.4. The lowest BCUT2D eigenvalue weighted by molar-refractivity contribution is -0.0571. The summed E-state index contributed by atoms with van der Waals surface area (Å²) in [6.07, 6.45) is 3.50. The first-order chi connectivity index (χ1) is 9.08. The van der Waals surface area contributed by atoms with Crippen molar-refractivity contribution in [3.8, 4) is 0 Å². The van der Waals surface area contributed by atoms with Gasteiger partial charge in [0.2, 0.25) is 0 Å². The summed E-state index contributed by atoms with van der Waals surface area (Å²) in [6, 6.07) is 1.90. The number of ether oxygens (including phenoxy) is 1. The van der Waals surface area contributed by atoms with Crippen LogP contribution in [-0.4, -0.2) is 31.8 Å². The minimum absolute atomic E-state index is 0.119. The van der Waals surface area contributed by atoms with Crippen LogP contribution in [0.3, 0.4) is 0 Å². The number of anilines is 1. The van der Waals surface area contributed by atoms with E-state index in [1.165, 1.54) is 6.33 Å². The highest BCUT2D eigenvalue weighted by Gasteiger charge is 2.36. The Balaban J connectivity index is 1.99. The van der Waals surface area contributed by atoms with Crippen molar-refractivity contribution < 1.29 is 9.84 Å². The van der Waals surface area contributed by atoms with Gasteiger partial charge in [-0.25, -0.2) is 9.97 Å². The summed E-state index contributed by atoms with van der Waals surface area (Å²) >= 11 is 0. The van der Waals surface area contributed by atoms with Gasteiger partial charge in [-0.2, -0.15) is 0 Å². The zero-order chi connectivity index (χ0) is 13.6. The summed E-state index contributed by atoms with van der Waals surface area (Å²) in [6.45, 7) is 3.87. The fourth-order valence-electron chi connectivity index (χ4n) is 2.70. The minimum Gasteiger partial charge on any atom is -0.391 e. The molecule has 4 atom stereocenters. The lowest BCUT2D eigenvalue weighted by Crippen LogP contribution is -2.22. The Bertz CT molecular complexity index is 595. The van der Waals surface area contributed by atoms with Crippen molar-refractivity contribution in [2.75, 3.05) is 5.73 Å². The number of nitrogens with two attached hydrogens (primary N) is 1. The highest BCUT2D eigenvalue weighted by atomic mass is 16.5. The van der Waals surface area contributed by atoms with E-state index in [2.05, 4.69) is 16.9 Å².